The van der Waals surface area contributed by atoms with Gasteiger partial charge in [-0.05, 0) is 220 Å². The van der Waals surface area contributed by atoms with Gasteiger partial charge < -0.3 is 4.57 Å². The van der Waals surface area contributed by atoms with E-state index in [1.807, 2.05) is 0 Å². The van der Waals surface area contributed by atoms with Crippen LogP contribution >= 0.6 is 0 Å². The zero-order valence-corrected chi connectivity index (χ0v) is 49.9. The van der Waals surface area contributed by atoms with Crippen LogP contribution in [0.4, 0.5) is 0 Å². The molecule has 0 amide bonds. The third kappa shape index (κ3) is 8.85. The summed E-state index contributed by atoms with van der Waals surface area (Å²) in [5.41, 5.74) is 22.3. The van der Waals surface area contributed by atoms with Gasteiger partial charge in [0.2, 0.25) is 0 Å². The minimum absolute atomic E-state index is 1.09. The molecule has 0 unspecified atom stereocenters. The summed E-state index contributed by atoms with van der Waals surface area (Å²) in [6, 6.07) is 129. The Labute approximate surface area is 528 Å². The van der Waals surface area contributed by atoms with Crippen molar-refractivity contribution in [1.82, 2.24) is 4.57 Å². The second-order valence-corrected chi connectivity index (χ2v) is 24.3. The van der Waals surface area contributed by atoms with Crippen molar-refractivity contribution in [2.45, 2.75) is 0 Å². The fourth-order valence-electron chi connectivity index (χ4n) is 14.9. The van der Waals surface area contributed by atoms with Crippen LogP contribution in [0.25, 0.3) is 181 Å². The van der Waals surface area contributed by atoms with Gasteiger partial charge in [0.15, 0.2) is 0 Å². The molecule has 91 heavy (non-hydrogen) atoms. The van der Waals surface area contributed by atoms with Crippen molar-refractivity contribution in [2.24, 2.45) is 0 Å². The molecule has 0 fully saturated rings. The van der Waals surface area contributed by atoms with Crippen molar-refractivity contribution in [3.05, 3.63) is 346 Å². The maximum absolute atomic E-state index is 2.54. The van der Waals surface area contributed by atoms with Gasteiger partial charge in [-0.25, -0.2) is 0 Å². The molecule has 0 aliphatic heterocycles. The molecule has 1 heterocycles. The van der Waals surface area contributed by atoms with Crippen molar-refractivity contribution in [3.8, 4) is 94.7 Å². The first-order valence-electron chi connectivity index (χ1n) is 31.5. The van der Waals surface area contributed by atoms with E-state index in [0.29, 0.717) is 0 Å². The Bertz CT molecular complexity index is 5580. The molecule has 1 heteroatoms. The molecule has 0 bridgehead atoms. The molecule has 0 aliphatic carbocycles. The van der Waals surface area contributed by atoms with E-state index in [0.717, 1.165) is 39.0 Å². The molecule has 422 valence electrons. The zero-order chi connectivity index (χ0) is 59.9. The lowest BCUT2D eigenvalue weighted by Crippen LogP contribution is -1.97. The van der Waals surface area contributed by atoms with Gasteiger partial charge in [-0.3, -0.25) is 0 Å². The molecule has 0 radical (unpaired) electrons. The molecule has 0 spiro atoms. The van der Waals surface area contributed by atoms with Gasteiger partial charge >= 0.3 is 0 Å². The van der Waals surface area contributed by atoms with E-state index in [9.17, 15) is 0 Å². The zero-order valence-electron chi connectivity index (χ0n) is 49.9. The van der Waals surface area contributed by atoms with Crippen molar-refractivity contribution in [1.29, 1.82) is 0 Å². The second-order valence-electron chi connectivity index (χ2n) is 24.3. The first-order chi connectivity index (χ1) is 45.1. The van der Waals surface area contributed by atoms with Crippen LogP contribution in [-0.4, -0.2) is 4.57 Å². The SMILES string of the molecule is c1ccc(-c2cc(-c3cccc4ccccc34)ccc2-c2ccc3c(c2)c2cc(-c4ccc(-c5cccc6ccccc56)cc4-c4ccccc4)ccc2n3-c2cc(-c3cc4ccccc4c4ccccc34)cc(-c3cc4ccccc4c4ccccc34)c2)cc1. The summed E-state index contributed by atoms with van der Waals surface area (Å²) < 4.78 is 2.54. The van der Waals surface area contributed by atoms with Crippen molar-refractivity contribution in [2.75, 3.05) is 0 Å². The molecule has 1 nitrogen and oxygen atoms in total. The highest BCUT2D eigenvalue weighted by atomic mass is 15.0. The van der Waals surface area contributed by atoms with Gasteiger partial charge in [-0.2, -0.15) is 0 Å². The smallest absolute Gasteiger partial charge is 0.0541 e. The Morgan fingerprint density at radius 3 is 0.945 bits per heavy atom. The lowest BCUT2D eigenvalue weighted by atomic mass is 9.89. The Balaban J connectivity index is 0.911. The van der Waals surface area contributed by atoms with Crippen LogP contribution in [0, 0.1) is 0 Å². The molecule has 18 rings (SSSR count). The summed E-state index contributed by atoms with van der Waals surface area (Å²) in [4.78, 5) is 0. The monoisotopic (exact) mass is 1150 g/mol. The van der Waals surface area contributed by atoms with E-state index in [4.69, 9.17) is 0 Å². The molecular weight excluding hydrogens is 1090 g/mol. The summed E-state index contributed by atoms with van der Waals surface area (Å²) in [6.45, 7) is 0. The largest absolute Gasteiger partial charge is 0.309 e. The Morgan fingerprint density at radius 2 is 0.495 bits per heavy atom. The molecule has 0 aliphatic rings. The van der Waals surface area contributed by atoms with Crippen LogP contribution in [0.2, 0.25) is 0 Å². The maximum atomic E-state index is 2.54. The second kappa shape index (κ2) is 21.5. The van der Waals surface area contributed by atoms with Crippen LogP contribution in [-0.2, 0) is 0 Å². The predicted molar refractivity (Wildman–Crippen MR) is 389 cm³/mol. The van der Waals surface area contributed by atoms with Gasteiger partial charge in [0, 0.05) is 16.5 Å². The van der Waals surface area contributed by atoms with E-state index >= 15 is 0 Å². The van der Waals surface area contributed by atoms with E-state index in [-0.39, 0.29) is 0 Å². The van der Waals surface area contributed by atoms with Gasteiger partial charge in [0.25, 0.3) is 0 Å². The van der Waals surface area contributed by atoms with E-state index in [2.05, 4.69) is 350 Å². The Kier molecular flexibility index (Phi) is 12.3. The predicted octanol–water partition coefficient (Wildman–Crippen LogP) is 25.0. The molecular formula is C90H57N. The third-order valence-corrected chi connectivity index (χ3v) is 19.1. The third-order valence-electron chi connectivity index (χ3n) is 19.1. The van der Waals surface area contributed by atoms with Gasteiger partial charge in [-0.1, -0.05) is 279 Å². The van der Waals surface area contributed by atoms with Crippen LogP contribution in [0.3, 0.4) is 0 Å². The lowest BCUT2D eigenvalue weighted by molar-refractivity contribution is 1.18. The number of hydrogen-bond donors (Lipinski definition) is 0. The summed E-state index contributed by atoms with van der Waals surface area (Å²) in [5.74, 6) is 0. The van der Waals surface area contributed by atoms with E-state index in [1.54, 1.807) is 0 Å². The summed E-state index contributed by atoms with van der Waals surface area (Å²) in [7, 11) is 0. The number of benzene rings is 17. The summed E-state index contributed by atoms with van der Waals surface area (Å²) in [5, 5.41) is 17.2. The standard InChI is InChI=1S/C90H57N/c1-3-21-60(22-4-1)83-54-64(73-39-19-29-58-25-7-11-31-71(58)73)41-45-77(83)66-43-47-89-87(56-66)88-57-67(78-46-42-65(55-84(78)61-23-5-2-6-24-61)74-40-20-30-59-26-8-12-32-72(59)74)44-48-90(88)91(89)70-50-68(85-52-62-27-9-13-33-75(62)79-35-15-17-37-81(79)85)49-69(51-70)86-53-63-28-10-14-34-76(63)80-36-16-18-38-82(80)86/h1-57H. The highest BCUT2D eigenvalue weighted by Crippen LogP contribution is 2.47. The van der Waals surface area contributed by atoms with Crippen LogP contribution < -0.4 is 0 Å². The molecule has 0 atom stereocenters. The Hall–Kier alpha value is -11.9. The van der Waals surface area contributed by atoms with E-state index < -0.39 is 0 Å². The molecule has 0 N–H and O–H groups in total. The minimum atomic E-state index is 1.09. The normalized spacial score (nSPS) is 11.7. The average molecular weight is 1150 g/mol. The number of rotatable bonds is 9. The van der Waals surface area contributed by atoms with Crippen molar-refractivity contribution < 1.29 is 0 Å². The van der Waals surface area contributed by atoms with Crippen LogP contribution in [0.5, 0.6) is 0 Å². The van der Waals surface area contributed by atoms with Crippen molar-refractivity contribution in [3.63, 3.8) is 0 Å². The summed E-state index contributed by atoms with van der Waals surface area (Å²) in [6.07, 6.45) is 0. The van der Waals surface area contributed by atoms with Gasteiger partial charge in [0.05, 0.1) is 11.0 Å². The molecule has 1 aromatic heterocycles. The Morgan fingerprint density at radius 1 is 0.143 bits per heavy atom. The average Bonchev–Trinajstić information content (AvgIpc) is 1.69. The highest BCUT2D eigenvalue weighted by Gasteiger charge is 2.22. The van der Waals surface area contributed by atoms with Gasteiger partial charge in [-0.15, -0.1) is 0 Å². The molecule has 17 aromatic carbocycles. The first kappa shape index (κ1) is 52.2. The molecule has 0 saturated heterocycles. The van der Waals surface area contributed by atoms with Crippen LogP contribution in [0.1, 0.15) is 0 Å². The fraction of sp³-hybridized carbons (Fsp3) is 0. The molecule has 0 saturated carbocycles. The quantitative estimate of drug-likeness (QED) is 0.127. The summed E-state index contributed by atoms with van der Waals surface area (Å²) >= 11 is 0. The number of nitrogens with zero attached hydrogens (tertiary/aromatic N) is 1. The first-order valence-corrected chi connectivity index (χ1v) is 31.5. The topological polar surface area (TPSA) is 4.93 Å². The fourth-order valence-corrected chi connectivity index (χ4v) is 14.9. The van der Waals surface area contributed by atoms with Crippen molar-refractivity contribution >= 4 is 86.4 Å². The minimum Gasteiger partial charge on any atom is -0.309 e. The highest BCUT2D eigenvalue weighted by molar-refractivity contribution is 6.18. The van der Waals surface area contributed by atoms with Crippen LogP contribution in [0.15, 0.2) is 346 Å². The maximum Gasteiger partial charge on any atom is 0.0541 e. The van der Waals surface area contributed by atoms with E-state index in [1.165, 1.54) is 142 Å². The lowest BCUT2D eigenvalue weighted by Gasteiger charge is -2.18. The van der Waals surface area contributed by atoms with Gasteiger partial charge in [0.1, 0.15) is 0 Å². The number of hydrogen-bond acceptors (Lipinski definition) is 0. The molecule has 18 aromatic rings. The number of fused-ring (bicyclic) bond motifs is 11. The number of aromatic nitrogens is 1.